The Balaban J connectivity index is 2.81. The summed E-state index contributed by atoms with van der Waals surface area (Å²) < 4.78 is 41.7. The van der Waals surface area contributed by atoms with Crippen LogP contribution in [0.15, 0.2) is 17.4 Å². The minimum atomic E-state index is -4.85. The average molecular weight is 391 g/mol. The van der Waals surface area contributed by atoms with Gasteiger partial charge >= 0.3 is 6.18 Å². The highest BCUT2D eigenvalue weighted by Crippen LogP contribution is 2.40. The molecule has 3 N–H and O–H groups in total. The van der Waals surface area contributed by atoms with Gasteiger partial charge in [0.15, 0.2) is 5.96 Å². The summed E-state index contributed by atoms with van der Waals surface area (Å²) in [7, 11) is 1.42. The smallest absolute Gasteiger partial charge is 0.374 e. The van der Waals surface area contributed by atoms with Crippen LogP contribution in [0.2, 0.25) is 0 Å². The summed E-state index contributed by atoms with van der Waals surface area (Å²) in [5, 5.41) is 16.6. The Bertz CT molecular complexity index is 588. The number of unbranched alkanes of at least 4 members (excludes halogenated alkanes) is 2. The molecular weight excluding hydrogens is 359 g/mol. The molecule has 0 aliphatic heterocycles. The quantitative estimate of drug-likeness (QED) is 0.326. The van der Waals surface area contributed by atoms with Crippen molar-refractivity contribution < 1.29 is 18.3 Å². The summed E-state index contributed by atoms with van der Waals surface area (Å²) >= 11 is 0. The largest absolute Gasteiger partial charge is 0.424 e. The molecule has 0 fully saturated rings. The van der Waals surface area contributed by atoms with Crippen molar-refractivity contribution in [2.24, 2.45) is 12.0 Å². The Kier molecular flexibility index (Phi) is 9.08. The van der Waals surface area contributed by atoms with Crippen LogP contribution in [-0.4, -0.2) is 45.9 Å². The van der Waals surface area contributed by atoms with Gasteiger partial charge in [0.2, 0.25) is 5.60 Å². The fourth-order valence-corrected chi connectivity index (χ4v) is 2.80. The second kappa shape index (κ2) is 10.5. The molecule has 1 aromatic rings. The Morgan fingerprint density at radius 3 is 2.56 bits per heavy atom. The van der Waals surface area contributed by atoms with E-state index in [-0.39, 0.29) is 12.6 Å². The van der Waals surface area contributed by atoms with Crippen LogP contribution in [0.4, 0.5) is 13.2 Å². The number of guanidine groups is 1. The van der Waals surface area contributed by atoms with Gasteiger partial charge < -0.3 is 20.3 Å². The van der Waals surface area contributed by atoms with Crippen LogP contribution in [0.3, 0.4) is 0 Å². The molecule has 1 aromatic heterocycles. The standard InChI is InChI=1S/C18H32F3N5O/c1-5-7-8-9-14(3)25-16(22-6-2)24-11-10-17(27,18(19,20)21)15-23-12-13-26(15)4/h12-14,27H,5-11H2,1-4H3,(H2,22,24,25). The Hall–Kier alpha value is -1.77. The van der Waals surface area contributed by atoms with Gasteiger partial charge in [0.1, 0.15) is 5.82 Å². The van der Waals surface area contributed by atoms with Crippen molar-refractivity contribution in [2.45, 2.75) is 70.7 Å². The third-order valence-electron chi connectivity index (χ3n) is 4.37. The maximum absolute atomic E-state index is 13.5. The van der Waals surface area contributed by atoms with Gasteiger partial charge in [0, 0.05) is 45.0 Å². The van der Waals surface area contributed by atoms with Crippen molar-refractivity contribution in [3.63, 3.8) is 0 Å². The molecule has 0 saturated heterocycles. The van der Waals surface area contributed by atoms with E-state index >= 15 is 0 Å². The number of imidazole rings is 1. The third kappa shape index (κ3) is 6.71. The zero-order valence-corrected chi connectivity index (χ0v) is 16.6. The normalized spacial score (nSPS) is 16.1. The lowest BCUT2D eigenvalue weighted by Crippen LogP contribution is -2.46. The molecule has 0 saturated carbocycles. The van der Waals surface area contributed by atoms with E-state index in [2.05, 4.69) is 27.5 Å². The molecule has 0 bridgehead atoms. The first-order valence-electron chi connectivity index (χ1n) is 9.47. The SMILES string of the molecule is CCCCCC(C)NC(=NCCC(O)(c1nccn1C)C(F)(F)F)NCC. The van der Waals surface area contributed by atoms with Gasteiger partial charge in [-0.15, -0.1) is 0 Å². The van der Waals surface area contributed by atoms with Crippen molar-refractivity contribution >= 4 is 5.96 Å². The fraction of sp³-hybridized carbons (Fsp3) is 0.778. The van der Waals surface area contributed by atoms with Crippen LogP contribution in [-0.2, 0) is 12.6 Å². The van der Waals surface area contributed by atoms with E-state index in [1.807, 2.05) is 13.8 Å². The molecule has 0 aliphatic rings. The van der Waals surface area contributed by atoms with Crippen molar-refractivity contribution in [3.8, 4) is 0 Å². The number of hydrogen-bond acceptors (Lipinski definition) is 3. The molecule has 0 radical (unpaired) electrons. The predicted octanol–water partition coefficient (Wildman–Crippen LogP) is 3.08. The minimum absolute atomic E-state index is 0.158. The summed E-state index contributed by atoms with van der Waals surface area (Å²) in [5.41, 5.74) is -3.04. The second-order valence-corrected chi connectivity index (χ2v) is 6.77. The molecule has 2 unspecified atom stereocenters. The Morgan fingerprint density at radius 2 is 2.04 bits per heavy atom. The van der Waals surface area contributed by atoms with Gasteiger partial charge in [-0.2, -0.15) is 13.2 Å². The summed E-state index contributed by atoms with van der Waals surface area (Å²) in [6.45, 7) is 6.44. The van der Waals surface area contributed by atoms with Gasteiger partial charge in [0.05, 0.1) is 0 Å². The molecule has 2 atom stereocenters. The van der Waals surface area contributed by atoms with E-state index in [1.165, 1.54) is 24.0 Å². The average Bonchev–Trinajstić information content (AvgIpc) is 3.00. The van der Waals surface area contributed by atoms with Gasteiger partial charge in [-0.05, 0) is 20.3 Å². The number of aromatic nitrogens is 2. The number of nitrogens with zero attached hydrogens (tertiary/aromatic N) is 3. The van der Waals surface area contributed by atoms with E-state index in [0.29, 0.717) is 12.5 Å². The molecule has 1 rings (SSSR count). The summed E-state index contributed by atoms with van der Waals surface area (Å²) in [5.74, 6) is 0.0157. The molecule has 6 nitrogen and oxygen atoms in total. The number of nitrogens with one attached hydrogen (secondary N) is 2. The van der Waals surface area contributed by atoms with Crippen molar-refractivity contribution in [3.05, 3.63) is 18.2 Å². The highest BCUT2D eigenvalue weighted by Gasteiger charge is 2.57. The molecule has 0 amide bonds. The molecule has 0 aliphatic carbocycles. The zero-order valence-electron chi connectivity index (χ0n) is 16.6. The van der Waals surface area contributed by atoms with Crippen molar-refractivity contribution in [1.29, 1.82) is 0 Å². The summed E-state index contributed by atoms with van der Waals surface area (Å²) in [6.07, 6.45) is 1.46. The van der Waals surface area contributed by atoms with Gasteiger partial charge in [-0.3, -0.25) is 4.99 Å². The topological polar surface area (TPSA) is 74.5 Å². The maximum atomic E-state index is 13.5. The van der Waals surface area contributed by atoms with Crippen LogP contribution >= 0.6 is 0 Å². The molecule has 156 valence electrons. The van der Waals surface area contributed by atoms with E-state index in [1.54, 1.807) is 0 Å². The minimum Gasteiger partial charge on any atom is -0.374 e. The first-order chi connectivity index (χ1) is 12.7. The molecule has 1 heterocycles. The predicted molar refractivity (Wildman–Crippen MR) is 100 cm³/mol. The number of aliphatic imine (C=N–C) groups is 1. The van der Waals surface area contributed by atoms with Gasteiger partial charge in [-0.25, -0.2) is 4.98 Å². The maximum Gasteiger partial charge on any atom is 0.424 e. The third-order valence-corrected chi connectivity index (χ3v) is 4.37. The van der Waals surface area contributed by atoms with Crippen molar-refractivity contribution in [2.75, 3.05) is 13.1 Å². The van der Waals surface area contributed by atoms with Crippen LogP contribution < -0.4 is 10.6 Å². The highest BCUT2D eigenvalue weighted by atomic mass is 19.4. The van der Waals surface area contributed by atoms with Gasteiger partial charge in [0.25, 0.3) is 0 Å². The summed E-state index contributed by atoms with van der Waals surface area (Å²) in [4.78, 5) is 7.91. The second-order valence-electron chi connectivity index (χ2n) is 6.77. The van der Waals surface area contributed by atoms with Crippen LogP contribution in [0.5, 0.6) is 0 Å². The number of hydrogen-bond donors (Lipinski definition) is 3. The lowest BCUT2D eigenvalue weighted by atomic mass is 9.98. The number of aliphatic hydroxyl groups is 1. The lowest BCUT2D eigenvalue weighted by molar-refractivity contribution is -0.272. The monoisotopic (exact) mass is 391 g/mol. The first-order valence-corrected chi connectivity index (χ1v) is 9.47. The zero-order chi connectivity index (χ0) is 20.5. The van der Waals surface area contributed by atoms with Crippen LogP contribution in [0, 0.1) is 0 Å². The van der Waals surface area contributed by atoms with Crippen LogP contribution in [0.1, 0.15) is 58.7 Å². The molecule has 0 aromatic carbocycles. The van der Waals surface area contributed by atoms with Crippen molar-refractivity contribution in [1.82, 2.24) is 20.2 Å². The van der Waals surface area contributed by atoms with Gasteiger partial charge in [-0.1, -0.05) is 26.2 Å². The van der Waals surface area contributed by atoms with Crippen LogP contribution in [0.25, 0.3) is 0 Å². The molecule has 27 heavy (non-hydrogen) atoms. The number of rotatable bonds is 10. The molecule has 9 heteroatoms. The Morgan fingerprint density at radius 1 is 1.33 bits per heavy atom. The first kappa shape index (κ1) is 23.3. The molecule has 0 spiro atoms. The molecular formula is C18H32F3N5O. The highest BCUT2D eigenvalue weighted by molar-refractivity contribution is 5.80. The number of aryl methyl sites for hydroxylation is 1. The number of halogens is 3. The fourth-order valence-electron chi connectivity index (χ4n) is 2.80. The number of alkyl halides is 3. The lowest BCUT2D eigenvalue weighted by Gasteiger charge is -2.29. The Labute approximate surface area is 159 Å². The van der Waals surface area contributed by atoms with E-state index in [9.17, 15) is 18.3 Å². The van der Waals surface area contributed by atoms with E-state index < -0.39 is 24.0 Å². The van der Waals surface area contributed by atoms with E-state index in [4.69, 9.17) is 0 Å². The van der Waals surface area contributed by atoms with E-state index in [0.717, 1.165) is 25.7 Å². The summed E-state index contributed by atoms with van der Waals surface area (Å²) in [6, 6.07) is 0.158.